The van der Waals surface area contributed by atoms with Crippen LogP contribution < -0.4 is 16.3 Å². The molecule has 2 N–H and O–H groups in total. The van der Waals surface area contributed by atoms with Gasteiger partial charge in [-0.25, -0.2) is 10.0 Å². The van der Waals surface area contributed by atoms with Gasteiger partial charge in [0.1, 0.15) is 11.2 Å². The summed E-state index contributed by atoms with van der Waals surface area (Å²) in [6.07, 6.45) is 1.24. The van der Waals surface area contributed by atoms with Gasteiger partial charge in [-0.3, -0.25) is 4.79 Å². The molecule has 0 aliphatic rings. The largest absolute Gasteiger partial charge is 0.595 e. The minimum absolute atomic E-state index is 0.180. The van der Waals surface area contributed by atoms with Gasteiger partial charge >= 0.3 is 5.63 Å². The molecule has 7 heteroatoms. The molecule has 7 nitrogen and oxygen atoms in total. The van der Waals surface area contributed by atoms with Crippen LogP contribution in [0.25, 0.3) is 21.9 Å². The monoisotopic (exact) mass is 275 g/mol. The molecule has 0 spiro atoms. The Morgan fingerprint density at radius 2 is 1.95 bits per heavy atom. The molecule has 0 amide bonds. The van der Waals surface area contributed by atoms with E-state index < -0.39 is 16.5 Å². The molecule has 0 bridgehead atoms. The summed E-state index contributed by atoms with van der Waals surface area (Å²) in [6.45, 7) is 1.50. The van der Waals surface area contributed by atoms with Crippen LogP contribution in [0.1, 0.15) is 5.56 Å². The molecule has 0 aliphatic carbocycles. The van der Waals surface area contributed by atoms with Crippen molar-refractivity contribution < 1.29 is 19.3 Å². The van der Waals surface area contributed by atoms with Crippen LogP contribution >= 0.6 is 0 Å². The van der Waals surface area contributed by atoms with Gasteiger partial charge in [0.05, 0.1) is 11.6 Å². The highest BCUT2D eigenvalue weighted by Crippen LogP contribution is 2.24. The lowest BCUT2D eigenvalue weighted by atomic mass is 10.1. The van der Waals surface area contributed by atoms with Crippen LogP contribution in [-0.2, 0) is 0 Å². The first-order valence-electron chi connectivity index (χ1n) is 5.71. The van der Waals surface area contributed by atoms with Gasteiger partial charge in [-0.2, -0.15) is 5.23 Å². The molecule has 2 aromatic heterocycles. The molecule has 20 heavy (non-hydrogen) atoms. The first-order valence-corrected chi connectivity index (χ1v) is 5.71. The molecule has 1 aromatic carbocycles. The fraction of sp³-hybridized carbons (Fsp3) is 0.0769. The quantitative estimate of drug-likeness (QED) is 0.382. The predicted molar refractivity (Wildman–Crippen MR) is 69.0 cm³/mol. The Morgan fingerprint density at radius 1 is 1.20 bits per heavy atom. The molecular formula is C13H9NO6. The van der Waals surface area contributed by atoms with Crippen molar-refractivity contribution in [3.8, 4) is 0 Å². The molecule has 1 atom stereocenters. The summed E-state index contributed by atoms with van der Waals surface area (Å²) in [5.74, 6) is 0. The van der Waals surface area contributed by atoms with Gasteiger partial charge in [0.15, 0.2) is 5.43 Å². The summed E-state index contributed by atoms with van der Waals surface area (Å²) >= 11 is 0. The Bertz CT molecular complexity index is 937. The van der Waals surface area contributed by atoms with Crippen molar-refractivity contribution in [1.82, 2.24) is 0 Å². The highest BCUT2D eigenvalue weighted by Gasteiger charge is 2.18. The maximum atomic E-state index is 11.8. The van der Waals surface area contributed by atoms with Crippen LogP contribution in [0.3, 0.4) is 0 Å². The highest BCUT2D eigenvalue weighted by atomic mass is 16.8. The van der Waals surface area contributed by atoms with Gasteiger partial charge in [0.2, 0.25) is 0 Å². The van der Waals surface area contributed by atoms with E-state index in [9.17, 15) is 14.8 Å². The van der Waals surface area contributed by atoms with Crippen LogP contribution in [0.15, 0.2) is 42.9 Å². The van der Waals surface area contributed by atoms with Crippen LogP contribution in [0.2, 0.25) is 0 Å². The average molecular weight is 275 g/mol. The van der Waals surface area contributed by atoms with Crippen molar-refractivity contribution in [2.24, 2.45) is 0 Å². The summed E-state index contributed by atoms with van der Waals surface area (Å²) < 4.78 is 10.2. The Labute approximate surface area is 110 Å². The van der Waals surface area contributed by atoms with E-state index in [4.69, 9.17) is 14.0 Å². The maximum absolute atomic E-state index is 11.8. The number of hydrogen-bond donors (Lipinski definition) is 2. The molecule has 1 unspecified atom stereocenters. The number of nitrogens with one attached hydrogen (secondary N) is 1. The minimum atomic E-state index is -1.36. The van der Waals surface area contributed by atoms with Gasteiger partial charge in [0.25, 0.3) is 5.69 Å². The van der Waals surface area contributed by atoms with Crippen molar-refractivity contribution in [3.63, 3.8) is 0 Å². The zero-order valence-electron chi connectivity index (χ0n) is 10.3. The number of fused-ring (bicyclic) bond motifs is 2. The molecule has 102 valence electrons. The number of rotatable bonds is 1. The number of benzene rings is 1. The highest BCUT2D eigenvalue weighted by molar-refractivity contribution is 5.95. The fourth-order valence-electron chi connectivity index (χ4n) is 2.17. The number of aryl methyl sites for hydroxylation is 1. The third kappa shape index (κ3) is 1.73. The Morgan fingerprint density at radius 3 is 2.65 bits per heavy atom. The molecule has 0 radical (unpaired) electrons. The molecule has 0 aliphatic heterocycles. The molecule has 3 aromatic rings. The molecule has 0 fully saturated rings. The summed E-state index contributed by atoms with van der Waals surface area (Å²) in [6, 6.07) is 4.15. The van der Waals surface area contributed by atoms with Crippen LogP contribution in [-0.4, -0.2) is 5.21 Å². The van der Waals surface area contributed by atoms with Gasteiger partial charge in [-0.05, 0) is 13.0 Å². The van der Waals surface area contributed by atoms with E-state index in [1.165, 1.54) is 31.4 Å². The second-order valence-corrected chi connectivity index (χ2v) is 4.32. The summed E-state index contributed by atoms with van der Waals surface area (Å²) in [5, 5.41) is 19.4. The van der Waals surface area contributed by atoms with Crippen molar-refractivity contribution >= 4 is 27.6 Å². The van der Waals surface area contributed by atoms with E-state index in [1.54, 1.807) is 0 Å². The number of quaternary nitrogens is 1. The second-order valence-electron chi connectivity index (χ2n) is 4.32. The van der Waals surface area contributed by atoms with Gasteiger partial charge < -0.3 is 14.0 Å². The Hall–Kier alpha value is -2.48. The van der Waals surface area contributed by atoms with E-state index in [0.717, 1.165) is 0 Å². The normalized spacial score (nSPS) is 12.9. The lowest BCUT2D eigenvalue weighted by Gasteiger charge is -2.13. The third-order valence-electron chi connectivity index (χ3n) is 3.16. The van der Waals surface area contributed by atoms with Crippen molar-refractivity contribution in [3.05, 3.63) is 55.9 Å². The first-order chi connectivity index (χ1) is 9.49. The van der Waals surface area contributed by atoms with E-state index in [0.29, 0.717) is 10.8 Å². The van der Waals surface area contributed by atoms with Crippen LogP contribution in [0, 0.1) is 12.1 Å². The van der Waals surface area contributed by atoms with E-state index in [2.05, 4.69) is 0 Å². The summed E-state index contributed by atoms with van der Waals surface area (Å²) in [5.41, 5.74) is -0.906. The standard InChI is InChI=1S/C13H9NO6/c1-6-7-4-8-9(15)2-3-19-10(8)5-11(7)20-13(16)12(6)14(17)18/h2-5,14,17H,1H3. The lowest BCUT2D eigenvalue weighted by molar-refractivity contribution is -0.992. The zero-order valence-corrected chi connectivity index (χ0v) is 10.3. The topological polar surface area (TPSA) is 108 Å². The Kier molecular flexibility index (Phi) is 2.68. The smallest absolute Gasteiger partial charge is 0.401 e. The van der Waals surface area contributed by atoms with Crippen LogP contribution in [0.5, 0.6) is 0 Å². The molecular weight excluding hydrogens is 266 g/mol. The molecule has 0 saturated heterocycles. The lowest BCUT2D eigenvalue weighted by Crippen LogP contribution is -3.00. The van der Waals surface area contributed by atoms with Crippen molar-refractivity contribution in [2.75, 3.05) is 0 Å². The number of hydrogen-bond acceptors (Lipinski definition) is 6. The Balaban J connectivity index is 2.54. The molecule has 0 saturated carbocycles. The zero-order chi connectivity index (χ0) is 14.4. The van der Waals surface area contributed by atoms with Crippen molar-refractivity contribution in [2.45, 2.75) is 6.92 Å². The van der Waals surface area contributed by atoms with E-state index >= 15 is 0 Å². The first kappa shape index (κ1) is 12.5. The predicted octanol–water partition coefficient (Wildman–Crippen LogP) is 0.611. The van der Waals surface area contributed by atoms with Gasteiger partial charge in [0, 0.05) is 23.1 Å². The molecule has 2 heterocycles. The van der Waals surface area contributed by atoms with E-state index in [-0.39, 0.29) is 22.2 Å². The maximum Gasteiger partial charge on any atom is 0.401 e. The van der Waals surface area contributed by atoms with Crippen LogP contribution in [0.4, 0.5) is 5.69 Å². The fourth-order valence-corrected chi connectivity index (χ4v) is 2.17. The van der Waals surface area contributed by atoms with Gasteiger partial charge in [-0.1, -0.05) is 0 Å². The minimum Gasteiger partial charge on any atom is -0.595 e. The average Bonchev–Trinajstić information content (AvgIpc) is 2.37. The SMILES string of the molecule is Cc1c([NH+]([O-])O)c(=O)oc2cc3occc(=O)c3cc12. The van der Waals surface area contributed by atoms with E-state index in [1.807, 2.05) is 0 Å². The summed E-state index contributed by atoms with van der Waals surface area (Å²) in [7, 11) is 0. The summed E-state index contributed by atoms with van der Waals surface area (Å²) in [4.78, 5) is 23.4. The van der Waals surface area contributed by atoms with Gasteiger partial charge in [-0.15, -0.1) is 0 Å². The third-order valence-corrected chi connectivity index (χ3v) is 3.16. The molecule has 3 rings (SSSR count). The second kappa shape index (κ2) is 4.27. The van der Waals surface area contributed by atoms with Crippen molar-refractivity contribution in [1.29, 1.82) is 0 Å².